The van der Waals surface area contributed by atoms with E-state index in [2.05, 4.69) is 0 Å². The monoisotopic (exact) mass is 338 g/mol. The van der Waals surface area contributed by atoms with E-state index >= 15 is 0 Å². The van der Waals surface area contributed by atoms with Gasteiger partial charge in [0.05, 0.1) is 19.6 Å². The van der Waals surface area contributed by atoms with E-state index in [4.69, 9.17) is 4.74 Å². The molecule has 0 fully saturated rings. The first-order valence-electron chi connectivity index (χ1n) is 8.22. The number of esters is 1. The number of anilines is 2. The molecular formula is C20H22N2O3. The molecule has 0 bridgehead atoms. The van der Waals surface area contributed by atoms with Crippen LogP contribution in [0.15, 0.2) is 42.5 Å². The van der Waals surface area contributed by atoms with E-state index in [1.54, 1.807) is 11.8 Å². The minimum absolute atomic E-state index is 0.00691. The molecule has 0 saturated heterocycles. The van der Waals surface area contributed by atoms with Crippen LogP contribution in [0.3, 0.4) is 0 Å². The average Bonchev–Trinajstić information content (AvgIpc) is 2.96. The van der Waals surface area contributed by atoms with Gasteiger partial charge in [0.15, 0.2) is 0 Å². The Hall–Kier alpha value is -2.82. The summed E-state index contributed by atoms with van der Waals surface area (Å²) >= 11 is 0. The average molecular weight is 338 g/mol. The summed E-state index contributed by atoms with van der Waals surface area (Å²) in [6, 6.07) is 13.5. The summed E-state index contributed by atoms with van der Waals surface area (Å²) in [4.78, 5) is 28.2. The zero-order chi connectivity index (χ0) is 18.1. The third kappa shape index (κ3) is 3.09. The van der Waals surface area contributed by atoms with E-state index < -0.39 is 0 Å². The van der Waals surface area contributed by atoms with Crippen LogP contribution in [-0.4, -0.2) is 33.1 Å². The molecule has 0 aliphatic carbocycles. The molecule has 0 spiro atoms. The number of rotatable bonds is 4. The molecule has 5 heteroatoms. The maximum atomic E-state index is 12.8. The molecule has 1 amide bonds. The van der Waals surface area contributed by atoms with Gasteiger partial charge in [-0.3, -0.25) is 9.59 Å². The van der Waals surface area contributed by atoms with Crippen molar-refractivity contribution in [2.75, 3.05) is 31.0 Å². The van der Waals surface area contributed by atoms with Crippen LogP contribution in [-0.2, 0) is 16.1 Å². The van der Waals surface area contributed by atoms with Gasteiger partial charge in [0, 0.05) is 31.0 Å². The summed E-state index contributed by atoms with van der Waals surface area (Å²) in [6.45, 7) is 2.37. The van der Waals surface area contributed by atoms with Crippen molar-refractivity contribution >= 4 is 23.3 Å². The lowest BCUT2D eigenvalue weighted by Crippen LogP contribution is -2.23. The number of methoxy groups -OCH3 is 1. The zero-order valence-corrected chi connectivity index (χ0v) is 14.9. The maximum absolute atomic E-state index is 12.8. The Morgan fingerprint density at radius 2 is 1.84 bits per heavy atom. The molecular weight excluding hydrogens is 316 g/mol. The van der Waals surface area contributed by atoms with Gasteiger partial charge in [-0.2, -0.15) is 0 Å². The molecule has 1 unspecified atom stereocenters. The molecule has 130 valence electrons. The fourth-order valence-electron chi connectivity index (χ4n) is 3.03. The van der Waals surface area contributed by atoms with E-state index in [-0.39, 0.29) is 17.8 Å². The van der Waals surface area contributed by atoms with E-state index in [1.165, 1.54) is 7.11 Å². The van der Waals surface area contributed by atoms with Crippen LogP contribution in [0.25, 0.3) is 0 Å². The first-order valence-corrected chi connectivity index (χ1v) is 8.22. The molecule has 25 heavy (non-hydrogen) atoms. The third-order valence-electron chi connectivity index (χ3n) is 4.67. The number of ether oxygens (including phenoxy) is 1. The van der Waals surface area contributed by atoms with Crippen molar-refractivity contribution in [3.63, 3.8) is 0 Å². The van der Waals surface area contributed by atoms with E-state index in [0.717, 1.165) is 28.1 Å². The smallest absolute Gasteiger partial charge is 0.312 e. The quantitative estimate of drug-likeness (QED) is 0.804. The minimum atomic E-state index is -0.326. The van der Waals surface area contributed by atoms with Crippen LogP contribution in [0, 0.1) is 0 Å². The fourth-order valence-corrected chi connectivity index (χ4v) is 3.03. The van der Waals surface area contributed by atoms with Gasteiger partial charge < -0.3 is 14.5 Å². The summed E-state index contributed by atoms with van der Waals surface area (Å²) in [5.74, 6) is -0.589. The van der Waals surface area contributed by atoms with Crippen molar-refractivity contribution in [2.45, 2.75) is 19.4 Å². The van der Waals surface area contributed by atoms with Crippen LogP contribution in [0.2, 0.25) is 0 Å². The molecule has 3 rings (SSSR count). The van der Waals surface area contributed by atoms with Gasteiger partial charge in [-0.15, -0.1) is 0 Å². The van der Waals surface area contributed by atoms with Gasteiger partial charge in [-0.25, -0.2) is 0 Å². The SMILES string of the molecule is COC(=O)C(C)c1ccc(N2Cc3ccc(N(C)C)cc3C2=O)cc1. The van der Waals surface area contributed by atoms with Crippen molar-refractivity contribution in [1.82, 2.24) is 0 Å². The van der Waals surface area contributed by atoms with Crippen molar-refractivity contribution in [3.8, 4) is 0 Å². The first-order chi connectivity index (χ1) is 11.9. The van der Waals surface area contributed by atoms with Crippen LogP contribution in [0.5, 0.6) is 0 Å². The molecule has 1 aliphatic rings. The number of nitrogens with zero attached hydrogens (tertiary/aromatic N) is 2. The topological polar surface area (TPSA) is 49.9 Å². The molecule has 1 heterocycles. The van der Waals surface area contributed by atoms with Crippen LogP contribution < -0.4 is 9.80 Å². The lowest BCUT2D eigenvalue weighted by molar-refractivity contribution is -0.141. The van der Waals surface area contributed by atoms with Crippen molar-refractivity contribution in [1.29, 1.82) is 0 Å². The molecule has 5 nitrogen and oxygen atoms in total. The maximum Gasteiger partial charge on any atom is 0.312 e. The van der Waals surface area contributed by atoms with Crippen molar-refractivity contribution in [3.05, 3.63) is 59.2 Å². The largest absolute Gasteiger partial charge is 0.469 e. The van der Waals surface area contributed by atoms with Gasteiger partial charge in [0.2, 0.25) is 0 Å². The lowest BCUT2D eigenvalue weighted by atomic mass is 10.0. The normalized spacial score (nSPS) is 14.2. The number of amides is 1. The van der Waals surface area contributed by atoms with Gasteiger partial charge >= 0.3 is 5.97 Å². The Kier molecular flexibility index (Phi) is 4.49. The third-order valence-corrected chi connectivity index (χ3v) is 4.67. The predicted molar refractivity (Wildman–Crippen MR) is 98.2 cm³/mol. The second kappa shape index (κ2) is 6.59. The number of benzene rings is 2. The number of hydrogen-bond acceptors (Lipinski definition) is 4. The minimum Gasteiger partial charge on any atom is -0.469 e. The Labute approximate surface area is 147 Å². The number of fused-ring (bicyclic) bond motifs is 1. The Morgan fingerprint density at radius 3 is 2.44 bits per heavy atom. The van der Waals surface area contributed by atoms with Crippen LogP contribution >= 0.6 is 0 Å². The molecule has 0 saturated carbocycles. The summed E-state index contributed by atoms with van der Waals surface area (Å²) in [7, 11) is 5.30. The summed E-state index contributed by atoms with van der Waals surface area (Å²) in [5, 5.41) is 0. The van der Waals surface area contributed by atoms with E-state index in [1.807, 2.05) is 61.5 Å². The standard InChI is InChI=1S/C20H22N2O3/c1-13(20(24)25-4)14-5-8-16(9-6-14)22-12-15-7-10-17(21(2)3)11-18(15)19(22)23/h5-11,13H,12H2,1-4H3. The second-order valence-electron chi connectivity index (χ2n) is 6.46. The molecule has 1 atom stereocenters. The molecule has 0 radical (unpaired) electrons. The number of hydrogen-bond donors (Lipinski definition) is 0. The Bertz CT molecular complexity index is 812. The zero-order valence-electron chi connectivity index (χ0n) is 14.9. The highest BCUT2D eigenvalue weighted by Gasteiger charge is 2.29. The Balaban J connectivity index is 1.84. The predicted octanol–water partition coefficient (Wildman–Crippen LogP) is 3.19. The van der Waals surface area contributed by atoms with Crippen LogP contribution in [0.4, 0.5) is 11.4 Å². The number of carbonyl (C=O) groups is 2. The molecule has 0 N–H and O–H groups in total. The molecule has 2 aromatic rings. The van der Waals surface area contributed by atoms with Gasteiger partial charge in [-0.05, 0) is 42.3 Å². The van der Waals surface area contributed by atoms with Gasteiger partial charge in [0.1, 0.15) is 0 Å². The summed E-state index contributed by atoms with van der Waals surface area (Å²) < 4.78 is 4.78. The first kappa shape index (κ1) is 17.0. The van der Waals surface area contributed by atoms with Crippen molar-refractivity contribution in [2.24, 2.45) is 0 Å². The van der Waals surface area contributed by atoms with Crippen molar-refractivity contribution < 1.29 is 14.3 Å². The molecule has 2 aromatic carbocycles. The molecule has 1 aliphatic heterocycles. The highest BCUT2D eigenvalue weighted by Crippen LogP contribution is 2.31. The van der Waals surface area contributed by atoms with E-state index in [9.17, 15) is 9.59 Å². The lowest BCUT2D eigenvalue weighted by Gasteiger charge is -2.17. The fraction of sp³-hybridized carbons (Fsp3) is 0.300. The van der Waals surface area contributed by atoms with E-state index in [0.29, 0.717) is 6.54 Å². The van der Waals surface area contributed by atoms with Crippen LogP contribution in [0.1, 0.15) is 34.3 Å². The van der Waals surface area contributed by atoms with Gasteiger partial charge in [-0.1, -0.05) is 18.2 Å². The number of carbonyl (C=O) groups excluding carboxylic acids is 2. The second-order valence-corrected chi connectivity index (χ2v) is 6.46. The highest BCUT2D eigenvalue weighted by atomic mass is 16.5. The summed E-state index contributed by atoms with van der Waals surface area (Å²) in [5.41, 5.74) is 4.49. The highest BCUT2D eigenvalue weighted by molar-refractivity contribution is 6.10. The summed E-state index contributed by atoms with van der Waals surface area (Å²) in [6.07, 6.45) is 0. The molecule has 0 aromatic heterocycles. The van der Waals surface area contributed by atoms with Gasteiger partial charge in [0.25, 0.3) is 5.91 Å². The Morgan fingerprint density at radius 1 is 1.16 bits per heavy atom.